The summed E-state index contributed by atoms with van der Waals surface area (Å²) in [5, 5.41) is 18.2. The molecule has 0 spiro atoms. The molecule has 1 amide bonds. The number of thiol groups is 1. The van der Waals surface area contributed by atoms with Crippen molar-refractivity contribution in [2.24, 2.45) is 11.7 Å². The molecule has 1 heterocycles. The summed E-state index contributed by atoms with van der Waals surface area (Å²) in [6, 6.07) is 13.3. The van der Waals surface area contributed by atoms with Crippen molar-refractivity contribution in [2.75, 3.05) is 6.54 Å². The Morgan fingerprint density at radius 3 is 2.02 bits per heavy atom. The van der Waals surface area contributed by atoms with Crippen molar-refractivity contribution in [1.29, 1.82) is 0 Å². The lowest BCUT2D eigenvalue weighted by atomic mass is 9.86. The second-order valence-electron chi connectivity index (χ2n) is 9.87. The van der Waals surface area contributed by atoms with Gasteiger partial charge < -0.3 is 25.3 Å². The zero-order chi connectivity index (χ0) is 30.7. The Balaban J connectivity index is 0.000000677. The molecule has 2 aromatic carbocycles. The van der Waals surface area contributed by atoms with Gasteiger partial charge in [0.2, 0.25) is 11.4 Å². The van der Waals surface area contributed by atoms with Crippen molar-refractivity contribution in [3.8, 4) is 0 Å². The van der Waals surface area contributed by atoms with Gasteiger partial charge in [-0.3, -0.25) is 9.59 Å². The quantitative estimate of drug-likeness (QED) is 0.0796. The number of benzene rings is 2. The lowest BCUT2D eigenvalue weighted by Gasteiger charge is -2.39. The van der Waals surface area contributed by atoms with Crippen molar-refractivity contribution in [3.63, 3.8) is 0 Å². The van der Waals surface area contributed by atoms with Crippen LogP contribution in [-0.2, 0) is 49.1 Å². The Morgan fingerprint density at radius 1 is 1.07 bits per heavy atom. The third-order valence-corrected chi connectivity index (χ3v) is 7.76. The first-order valence-electron chi connectivity index (χ1n) is 12.9. The van der Waals surface area contributed by atoms with Crippen LogP contribution in [0.1, 0.15) is 49.4 Å². The second kappa shape index (κ2) is 17.4. The molecule has 3 atom stereocenters. The number of ketones is 1. The number of aliphatic hydroxyl groups is 1. The number of nitrogens with zero attached hydrogens (tertiary/aromatic N) is 2. The number of carbonyl (C=O) groups is 3. The number of amides is 1. The molecule has 0 saturated carbocycles. The maximum Gasteiger partial charge on any atom is 0.341 e. The number of rotatable bonds is 11. The van der Waals surface area contributed by atoms with Gasteiger partial charge in [0.25, 0.3) is 5.09 Å². The molecule has 0 aromatic heterocycles. The van der Waals surface area contributed by atoms with Gasteiger partial charge in [-0.2, -0.15) is 12.6 Å². The molecule has 1 fully saturated rings. The van der Waals surface area contributed by atoms with Crippen LogP contribution >= 0.6 is 41.0 Å². The second-order valence-corrected chi connectivity index (χ2v) is 11.1. The molecule has 3 rings (SSSR count). The highest BCUT2D eigenvalue weighted by Gasteiger charge is 2.62. The molecule has 232 valence electrons. The fourth-order valence-electron chi connectivity index (χ4n) is 4.25. The Hall–Kier alpha value is -2.71. The monoisotopic (exact) mass is 689 g/mol. The fourth-order valence-corrected chi connectivity index (χ4v) is 5.12. The number of Topliss-reactive ketones (excluding diaryl/α,β-unsaturated/α-hetero) is 1. The number of alkyl halides is 1. The number of likely N-dealkylation sites (tertiary alicyclic amines) is 1. The van der Waals surface area contributed by atoms with Crippen LogP contribution in [0, 0.1) is 16.0 Å². The lowest BCUT2D eigenvalue weighted by molar-refractivity contribution is -0.763. The summed E-state index contributed by atoms with van der Waals surface area (Å²) < 4.78 is 5.46. The van der Waals surface area contributed by atoms with Crippen molar-refractivity contribution in [1.82, 2.24) is 4.90 Å². The number of hydrogen-bond donors (Lipinski definition) is 3. The van der Waals surface area contributed by atoms with Gasteiger partial charge in [-0.15, -0.1) is 22.5 Å². The number of halogens is 2. The highest BCUT2D eigenvalue weighted by atomic mass is 79.9. The molecular weight excluding hydrogens is 654 g/mol. The van der Waals surface area contributed by atoms with Gasteiger partial charge in [-0.1, -0.05) is 78.3 Å². The number of ether oxygens (including phenoxy) is 1. The topological polar surface area (TPSA) is 162 Å². The smallest absolute Gasteiger partial charge is 0.341 e. The number of esters is 1. The third kappa shape index (κ3) is 9.40. The number of aliphatic hydroxyl groups excluding tert-OH is 1. The molecule has 0 bridgehead atoms. The Bertz CT molecular complexity index is 1180. The van der Waals surface area contributed by atoms with Crippen molar-refractivity contribution >= 4 is 58.6 Å². The van der Waals surface area contributed by atoms with Crippen LogP contribution in [0.15, 0.2) is 48.5 Å². The molecule has 1 saturated heterocycles. The van der Waals surface area contributed by atoms with E-state index in [1.54, 1.807) is 38.1 Å². The van der Waals surface area contributed by atoms with E-state index in [0.29, 0.717) is 17.5 Å². The van der Waals surface area contributed by atoms with Crippen LogP contribution in [0.2, 0.25) is 0 Å². The molecule has 11 nitrogen and oxygen atoms in total. The standard InChI is InChI=1S/C20H27N3O7S.C8H9BrO.ClH/c1-12(2)18(25)22-9-8-16(31)20(22,17(24)13(3)21)19(26)29-10-14-4-6-15(7-5-14)11-30-23(27)28;9-5-7-1-3-8(6-10)4-2-7;/h4-7,12-13,16,31H,8-11,21H2,1-3H3;1-4,10H,5-6H2;1H/t13-,16?,20-;;/m0../s1. The molecule has 1 aliphatic heterocycles. The summed E-state index contributed by atoms with van der Waals surface area (Å²) >= 11 is 7.80. The summed E-state index contributed by atoms with van der Waals surface area (Å²) in [6.45, 7) is 4.79. The van der Waals surface area contributed by atoms with Crippen LogP contribution in [0.4, 0.5) is 0 Å². The van der Waals surface area contributed by atoms with Gasteiger partial charge in [0.05, 0.1) is 12.6 Å². The molecule has 0 radical (unpaired) electrons. The van der Waals surface area contributed by atoms with Gasteiger partial charge in [0.15, 0.2) is 5.78 Å². The molecule has 3 N–H and O–H groups in total. The zero-order valence-electron chi connectivity index (χ0n) is 23.6. The SMILES string of the molecule is CC(C)C(=O)N1CCC(S)[C@@]1(C(=O)OCc1ccc(CO[N+](=O)[O-])cc1)C(=O)[C@H](C)N.Cl.OCc1ccc(CBr)cc1. The van der Waals surface area contributed by atoms with Crippen molar-refractivity contribution in [2.45, 2.75) is 69.2 Å². The van der Waals surface area contributed by atoms with Gasteiger partial charge in [0, 0.05) is 23.0 Å². The number of carbonyl (C=O) groups excluding carboxylic acids is 3. The van der Waals surface area contributed by atoms with Gasteiger partial charge in [-0.05, 0) is 35.6 Å². The minimum Gasteiger partial charge on any atom is -0.459 e. The molecule has 1 aliphatic rings. The van der Waals surface area contributed by atoms with E-state index in [9.17, 15) is 24.5 Å². The average Bonchev–Trinajstić information content (AvgIpc) is 3.31. The number of nitrogens with two attached hydrogens (primary N) is 1. The summed E-state index contributed by atoms with van der Waals surface area (Å²) in [4.78, 5) is 55.0. The summed E-state index contributed by atoms with van der Waals surface area (Å²) in [5.74, 6) is -2.27. The van der Waals surface area contributed by atoms with Gasteiger partial charge in [-0.25, -0.2) is 4.79 Å². The van der Waals surface area contributed by atoms with E-state index in [1.807, 2.05) is 24.3 Å². The minimum absolute atomic E-state index is 0. The molecule has 1 unspecified atom stereocenters. The van der Waals surface area contributed by atoms with E-state index in [1.165, 1.54) is 17.4 Å². The van der Waals surface area contributed by atoms with Crippen LogP contribution in [0.5, 0.6) is 0 Å². The predicted octanol–water partition coefficient (Wildman–Crippen LogP) is 3.78. The maximum atomic E-state index is 13.2. The van der Waals surface area contributed by atoms with Crippen LogP contribution < -0.4 is 5.73 Å². The Kier molecular flexibility index (Phi) is 15.5. The molecule has 0 aliphatic carbocycles. The van der Waals surface area contributed by atoms with E-state index >= 15 is 0 Å². The normalized spacial score (nSPS) is 18.3. The summed E-state index contributed by atoms with van der Waals surface area (Å²) in [5.41, 5.74) is 7.29. The van der Waals surface area contributed by atoms with Crippen LogP contribution in [-0.4, -0.2) is 56.1 Å². The highest BCUT2D eigenvalue weighted by molar-refractivity contribution is 9.08. The molecular formula is C28H37BrClN3O8S. The Morgan fingerprint density at radius 2 is 1.57 bits per heavy atom. The average molecular weight is 691 g/mol. The van der Waals surface area contributed by atoms with Crippen LogP contribution in [0.3, 0.4) is 0 Å². The van der Waals surface area contributed by atoms with Crippen molar-refractivity contribution < 1.29 is 34.2 Å². The summed E-state index contributed by atoms with van der Waals surface area (Å²) in [7, 11) is 0. The van der Waals surface area contributed by atoms with Crippen molar-refractivity contribution in [3.05, 3.63) is 80.9 Å². The highest BCUT2D eigenvalue weighted by Crippen LogP contribution is 2.38. The summed E-state index contributed by atoms with van der Waals surface area (Å²) in [6.07, 6.45) is 0.347. The van der Waals surface area contributed by atoms with Crippen LogP contribution in [0.25, 0.3) is 0 Å². The van der Waals surface area contributed by atoms with E-state index in [2.05, 4.69) is 33.4 Å². The van der Waals surface area contributed by atoms with E-state index < -0.39 is 39.6 Å². The number of hydrogen-bond acceptors (Lipinski definition) is 10. The third-order valence-electron chi connectivity index (χ3n) is 6.48. The zero-order valence-corrected chi connectivity index (χ0v) is 26.9. The molecule has 2 aromatic rings. The predicted molar refractivity (Wildman–Crippen MR) is 166 cm³/mol. The largest absolute Gasteiger partial charge is 0.459 e. The molecule has 42 heavy (non-hydrogen) atoms. The van der Waals surface area contributed by atoms with E-state index in [4.69, 9.17) is 15.6 Å². The first-order chi connectivity index (χ1) is 19.4. The fraction of sp³-hybridized carbons (Fsp3) is 0.464. The Labute approximate surface area is 265 Å². The maximum absolute atomic E-state index is 13.2. The minimum atomic E-state index is -1.89. The van der Waals surface area contributed by atoms with E-state index in [-0.39, 0.29) is 44.7 Å². The lowest BCUT2D eigenvalue weighted by Crippen LogP contribution is -2.66. The first kappa shape index (κ1) is 37.3. The first-order valence-corrected chi connectivity index (χ1v) is 14.6. The van der Waals surface area contributed by atoms with Gasteiger partial charge in [0.1, 0.15) is 13.2 Å². The molecule has 14 heteroatoms. The van der Waals surface area contributed by atoms with E-state index in [0.717, 1.165) is 10.9 Å². The van der Waals surface area contributed by atoms with Gasteiger partial charge >= 0.3 is 5.97 Å².